The monoisotopic (exact) mass is 295 g/mol. The normalized spacial score (nSPS) is 24.2. The van der Waals surface area contributed by atoms with Crippen LogP contribution < -0.4 is 5.32 Å². The molecule has 1 saturated heterocycles. The molecule has 1 N–H and O–H groups in total. The molecule has 21 heavy (non-hydrogen) atoms. The molecule has 0 bridgehead atoms. The number of morpholine rings is 1. The molecule has 1 fully saturated rings. The Morgan fingerprint density at radius 2 is 1.76 bits per heavy atom. The third-order valence-corrected chi connectivity index (χ3v) is 3.98. The van der Waals surface area contributed by atoms with Crippen LogP contribution in [0, 0.1) is 11.3 Å². The highest BCUT2D eigenvalue weighted by Crippen LogP contribution is 2.28. The molecule has 0 radical (unpaired) electrons. The molecular formula is C17H33N3O. The van der Waals surface area contributed by atoms with Crippen LogP contribution in [0.4, 0.5) is 0 Å². The van der Waals surface area contributed by atoms with Crippen molar-refractivity contribution in [2.24, 2.45) is 0 Å². The quantitative estimate of drug-likeness (QED) is 0.734. The zero-order chi connectivity index (χ0) is 16.1. The number of nitrogens with one attached hydrogen (secondary N) is 1. The van der Waals surface area contributed by atoms with E-state index in [-0.39, 0.29) is 16.7 Å². The van der Waals surface area contributed by atoms with Crippen LogP contribution in [0.25, 0.3) is 0 Å². The standard InChI is InChI=1S/C17H33N3O/c1-7-19-17(6,12-18)10-8-9-11-20-13-15(2,3)21-16(4,5)14-20/h19H,7-11,13-14H2,1-6H3. The first-order chi connectivity index (χ1) is 9.61. The Labute approximate surface area is 130 Å². The number of rotatable bonds is 7. The minimum atomic E-state index is -0.377. The van der Waals surface area contributed by atoms with Crippen LogP contribution in [-0.2, 0) is 4.74 Å². The number of unbranched alkanes of at least 4 members (excludes halogenated alkanes) is 1. The summed E-state index contributed by atoms with van der Waals surface area (Å²) in [5, 5.41) is 12.5. The van der Waals surface area contributed by atoms with Gasteiger partial charge in [-0.2, -0.15) is 5.26 Å². The number of nitriles is 1. The van der Waals surface area contributed by atoms with Crippen molar-refractivity contribution in [3.8, 4) is 6.07 Å². The largest absolute Gasteiger partial charge is 0.367 e. The van der Waals surface area contributed by atoms with Crippen LogP contribution in [0.15, 0.2) is 0 Å². The summed E-state index contributed by atoms with van der Waals surface area (Å²) in [4.78, 5) is 2.50. The molecule has 1 rings (SSSR count). The smallest absolute Gasteiger partial charge is 0.103 e. The Hall–Kier alpha value is -0.630. The molecule has 122 valence electrons. The van der Waals surface area contributed by atoms with Crippen molar-refractivity contribution >= 4 is 0 Å². The molecule has 0 saturated carbocycles. The lowest BCUT2D eigenvalue weighted by atomic mass is 9.95. The molecule has 1 heterocycles. The summed E-state index contributed by atoms with van der Waals surface area (Å²) in [7, 11) is 0. The van der Waals surface area contributed by atoms with Gasteiger partial charge in [0.1, 0.15) is 5.54 Å². The van der Waals surface area contributed by atoms with Gasteiger partial charge in [-0.3, -0.25) is 10.2 Å². The lowest BCUT2D eigenvalue weighted by Gasteiger charge is -2.47. The van der Waals surface area contributed by atoms with Gasteiger partial charge in [-0.05, 0) is 67.0 Å². The van der Waals surface area contributed by atoms with Gasteiger partial charge in [0.2, 0.25) is 0 Å². The number of nitrogens with zero attached hydrogens (tertiary/aromatic N) is 2. The van der Waals surface area contributed by atoms with Crippen molar-refractivity contribution in [3.05, 3.63) is 0 Å². The van der Waals surface area contributed by atoms with E-state index in [1.807, 2.05) is 13.8 Å². The minimum absolute atomic E-state index is 0.0767. The summed E-state index contributed by atoms with van der Waals surface area (Å²) >= 11 is 0. The van der Waals surface area contributed by atoms with E-state index in [0.29, 0.717) is 0 Å². The van der Waals surface area contributed by atoms with Gasteiger partial charge in [-0.15, -0.1) is 0 Å². The number of hydrogen-bond donors (Lipinski definition) is 1. The summed E-state index contributed by atoms with van der Waals surface area (Å²) in [6.45, 7) is 16.6. The molecule has 4 nitrogen and oxygen atoms in total. The van der Waals surface area contributed by atoms with E-state index in [1.165, 1.54) is 0 Å². The fourth-order valence-corrected chi connectivity index (χ4v) is 3.49. The highest BCUT2D eigenvalue weighted by molar-refractivity contribution is 5.03. The first kappa shape index (κ1) is 18.4. The van der Waals surface area contributed by atoms with E-state index in [4.69, 9.17) is 4.74 Å². The summed E-state index contributed by atoms with van der Waals surface area (Å²) < 4.78 is 6.11. The average molecular weight is 295 g/mol. The molecular weight excluding hydrogens is 262 g/mol. The lowest BCUT2D eigenvalue weighted by Crippen LogP contribution is -2.57. The highest BCUT2D eigenvalue weighted by Gasteiger charge is 2.37. The zero-order valence-corrected chi connectivity index (χ0v) is 14.8. The molecule has 1 aliphatic rings. The molecule has 1 unspecified atom stereocenters. The Morgan fingerprint density at radius 1 is 1.19 bits per heavy atom. The van der Waals surface area contributed by atoms with Crippen molar-refractivity contribution in [1.29, 1.82) is 5.26 Å². The maximum atomic E-state index is 9.26. The van der Waals surface area contributed by atoms with E-state index in [2.05, 4.69) is 44.0 Å². The maximum Gasteiger partial charge on any atom is 0.103 e. The molecule has 1 aliphatic heterocycles. The SMILES string of the molecule is CCNC(C)(C#N)CCCCN1CC(C)(C)OC(C)(C)C1. The van der Waals surface area contributed by atoms with Gasteiger partial charge in [0.05, 0.1) is 17.3 Å². The fraction of sp³-hybridized carbons (Fsp3) is 0.941. The van der Waals surface area contributed by atoms with Crippen LogP contribution in [0.5, 0.6) is 0 Å². The van der Waals surface area contributed by atoms with Gasteiger partial charge in [-0.25, -0.2) is 0 Å². The number of ether oxygens (including phenoxy) is 1. The van der Waals surface area contributed by atoms with Crippen molar-refractivity contribution in [2.75, 3.05) is 26.2 Å². The topological polar surface area (TPSA) is 48.3 Å². The predicted molar refractivity (Wildman–Crippen MR) is 87.2 cm³/mol. The molecule has 0 aromatic carbocycles. The van der Waals surface area contributed by atoms with Crippen LogP contribution in [0.3, 0.4) is 0 Å². The van der Waals surface area contributed by atoms with Gasteiger partial charge < -0.3 is 4.74 Å². The van der Waals surface area contributed by atoms with E-state index in [1.54, 1.807) is 0 Å². The Morgan fingerprint density at radius 3 is 2.24 bits per heavy atom. The molecule has 1 atom stereocenters. The van der Waals surface area contributed by atoms with Crippen molar-refractivity contribution in [3.63, 3.8) is 0 Å². The Bertz CT molecular complexity index is 357. The van der Waals surface area contributed by atoms with Crippen LogP contribution in [0.1, 0.15) is 60.8 Å². The van der Waals surface area contributed by atoms with Crippen LogP contribution in [-0.4, -0.2) is 47.8 Å². The molecule has 0 aliphatic carbocycles. The second-order valence-electron chi connectivity index (χ2n) is 7.76. The third-order valence-electron chi connectivity index (χ3n) is 3.98. The molecule has 0 aromatic rings. The van der Waals surface area contributed by atoms with Gasteiger partial charge in [-0.1, -0.05) is 6.92 Å². The Kier molecular flexibility index (Phi) is 6.22. The summed E-state index contributed by atoms with van der Waals surface area (Å²) in [6, 6.07) is 2.40. The second-order valence-corrected chi connectivity index (χ2v) is 7.76. The van der Waals surface area contributed by atoms with Crippen molar-refractivity contribution in [1.82, 2.24) is 10.2 Å². The fourth-order valence-electron chi connectivity index (χ4n) is 3.49. The van der Waals surface area contributed by atoms with Crippen molar-refractivity contribution in [2.45, 2.75) is 77.5 Å². The van der Waals surface area contributed by atoms with Crippen LogP contribution >= 0.6 is 0 Å². The van der Waals surface area contributed by atoms with E-state index < -0.39 is 0 Å². The van der Waals surface area contributed by atoms with Crippen molar-refractivity contribution < 1.29 is 4.74 Å². The first-order valence-corrected chi connectivity index (χ1v) is 8.20. The summed E-state index contributed by atoms with van der Waals surface area (Å²) in [6.07, 6.45) is 3.12. The van der Waals surface area contributed by atoms with Gasteiger partial charge in [0.15, 0.2) is 0 Å². The summed E-state index contributed by atoms with van der Waals surface area (Å²) in [5.74, 6) is 0. The molecule has 4 heteroatoms. The van der Waals surface area contributed by atoms with E-state index in [9.17, 15) is 5.26 Å². The molecule has 0 amide bonds. The minimum Gasteiger partial charge on any atom is -0.367 e. The predicted octanol–water partition coefficient (Wildman–Crippen LogP) is 2.94. The van der Waals surface area contributed by atoms with Gasteiger partial charge in [0, 0.05) is 13.1 Å². The average Bonchev–Trinajstić information content (AvgIpc) is 2.31. The molecule has 0 spiro atoms. The first-order valence-electron chi connectivity index (χ1n) is 8.20. The van der Waals surface area contributed by atoms with E-state index >= 15 is 0 Å². The summed E-state index contributed by atoms with van der Waals surface area (Å²) in [5.41, 5.74) is -0.530. The zero-order valence-electron chi connectivity index (χ0n) is 14.8. The molecule has 0 aromatic heterocycles. The Balaban J connectivity index is 2.37. The third kappa shape index (κ3) is 6.34. The van der Waals surface area contributed by atoms with Crippen LogP contribution in [0.2, 0.25) is 0 Å². The lowest BCUT2D eigenvalue weighted by molar-refractivity contribution is -0.180. The van der Waals surface area contributed by atoms with E-state index in [0.717, 1.165) is 45.4 Å². The maximum absolute atomic E-state index is 9.26. The number of hydrogen-bond acceptors (Lipinski definition) is 4. The second kappa shape index (κ2) is 7.09. The highest BCUT2D eigenvalue weighted by atomic mass is 16.5. The van der Waals surface area contributed by atoms with Gasteiger partial charge >= 0.3 is 0 Å². The van der Waals surface area contributed by atoms with Gasteiger partial charge in [0.25, 0.3) is 0 Å².